The molecule has 1 N–H and O–H groups in total. The van der Waals surface area contributed by atoms with Gasteiger partial charge >= 0.3 is 0 Å². The number of aromatic nitrogens is 2. The van der Waals surface area contributed by atoms with Gasteiger partial charge in [-0.1, -0.05) is 6.92 Å². The lowest BCUT2D eigenvalue weighted by molar-refractivity contribution is 0.377. The van der Waals surface area contributed by atoms with Crippen molar-refractivity contribution in [2.24, 2.45) is 5.92 Å². The number of hydrogen-bond donors (Lipinski definition) is 1. The summed E-state index contributed by atoms with van der Waals surface area (Å²) in [6, 6.07) is 0. The Morgan fingerprint density at radius 3 is 2.84 bits per heavy atom. The van der Waals surface area contributed by atoms with Gasteiger partial charge in [-0.2, -0.15) is 4.98 Å². The summed E-state index contributed by atoms with van der Waals surface area (Å²) < 4.78 is 5.12. The quantitative estimate of drug-likeness (QED) is 0.793. The Morgan fingerprint density at radius 1 is 1.37 bits per heavy atom. The van der Waals surface area contributed by atoms with Crippen LogP contribution in [-0.2, 0) is 0 Å². The molecule has 1 fully saturated rings. The highest BCUT2D eigenvalue weighted by Gasteiger charge is 2.20. The molecule has 1 aliphatic rings. The molecule has 0 aliphatic carbocycles. The SMILES string of the molecule is CCCNCC1CCN(c2cncc(OC)n2)CC1. The second-order valence-electron chi connectivity index (χ2n) is 5.05. The summed E-state index contributed by atoms with van der Waals surface area (Å²) in [4.78, 5) is 10.9. The van der Waals surface area contributed by atoms with Crippen molar-refractivity contribution in [3.8, 4) is 5.88 Å². The summed E-state index contributed by atoms with van der Waals surface area (Å²) in [7, 11) is 1.62. The molecule has 0 amide bonds. The minimum Gasteiger partial charge on any atom is -0.480 e. The highest BCUT2D eigenvalue weighted by Crippen LogP contribution is 2.22. The zero-order chi connectivity index (χ0) is 13.5. The molecule has 0 radical (unpaired) electrons. The van der Waals surface area contributed by atoms with E-state index in [2.05, 4.69) is 27.1 Å². The molecule has 19 heavy (non-hydrogen) atoms. The fraction of sp³-hybridized carbons (Fsp3) is 0.714. The van der Waals surface area contributed by atoms with E-state index in [1.807, 2.05) is 6.20 Å². The number of nitrogens with one attached hydrogen (secondary N) is 1. The number of hydrogen-bond acceptors (Lipinski definition) is 5. The van der Waals surface area contributed by atoms with Crippen molar-refractivity contribution in [1.82, 2.24) is 15.3 Å². The number of ether oxygens (including phenoxy) is 1. The van der Waals surface area contributed by atoms with Gasteiger partial charge < -0.3 is 15.0 Å². The van der Waals surface area contributed by atoms with Gasteiger partial charge in [0, 0.05) is 13.1 Å². The minimum absolute atomic E-state index is 0.587. The molecule has 0 bridgehead atoms. The number of piperidine rings is 1. The predicted octanol–water partition coefficient (Wildman–Crippen LogP) is 1.70. The van der Waals surface area contributed by atoms with Crippen molar-refractivity contribution in [3.63, 3.8) is 0 Å². The fourth-order valence-electron chi connectivity index (χ4n) is 2.44. The first-order chi connectivity index (χ1) is 9.33. The van der Waals surface area contributed by atoms with Crippen molar-refractivity contribution in [1.29, 1.82) is 0 Å². The summed E-state index contributed by atoms with van der Waals surface area (Å²) in [6.45, 7) is 6.59. The van der Waals surface area contributed by atoms with Crippen LogP contribution in [0.4, 0.5) is 5.82 Å². The van der Waals surface area contributed by atoms with E-state index < -0.39 is 0 Å². The Bertz CT molecular complexity index is 377. The molecule has 1 aliphatic heterocycles. The summed E-state index contributed by atoms with van der Waals surface area (Å²) in [5.74, 6) is 2.31. The van der Waals surface area contributed by atoms with Crippen LogP contribution in [0.5, 0.6) is 5.88 Å². The van der Waals surface area contributed by atoms with Crippen LogP contribution in [0.25, 0.3) is 0 Å². The van der Waals surface area contributed by atoms with Crippen molar-refractivity contribution in [2.75, 3.05) is 38.2 Å². The average molecular weight is 264 g/mol. The van der Waals surface area contributed by atoms with Gasteiger partial charge in [-0.05, 0) is 38.3 Å². The van der Waals surface area contributed by atoms with E-state index in [1.165, 1.54) is 19.3 Å². The molecule has 0 unspecified atom stereocenters. The largest absolute Gasteiger partial charge is 0.480 e. The first-order valence-electron chi connectivity index (χ1n) is 7.15. The number of nitrogens with zero attached hydrogens (tertiary/aromatic N) is 3. The first kappa shape index (κ1) is 14.1. The van der Waals surface area contributed by atoms with E-state index in [9.17, 15) is 0 Å². The van der Waals surface area contributed by atoms with Gasteiger partial charge in [-0.15, -0.1) is 0 Å². The Labute approximate surface area is 115 Å². The molecular weight excluding hydrogens is 240 g/mol. The zero-order valence-corrected chi connectivity index (χ0v) is 11.9. The van der Waals surface area contributed by atoms with E-state index in [-0.39, 0.29) is 0 Å². The van der Waals surface area contributed by atoms with Crippen molar-refractivity contribution in [2.45, 2.75) is 26.2 Å². The lowest BCUT2D eigenvalue weighted by Gasteiger charge is -2.32. The van der Waals surface area contributed by atoms with Gasteiger partial charge in [-0.3, -0.25) is 4.98 Å². The van der Waals surface area contributed by atoms with Gasteiger partial charge in [0.05, 0.1) is 19.5 Å². The van der Waals surface area contributed by atoms with Crippen LogP contribution in [-0.4, -0.2) is 43.3 Å². The summed E-state index contributed by atoms with van der Waals surface area (Å²) in [5.41, 5.74) is 0. The number of anilines is 1. The van der Waals surface area contributed by atoms with E-state index in [0.29, 0.717) is 5.88 Å². The zero-order valence-electron chi connectivity index (χ0n) is 11.9. The van der Waals surface area contributed by atoms with Crippen LogP contribution in [0.15, 0.2) is 12.4 Å². The van der Waals surface area contributed by atoms with Gasteiger partial charge in [0.1, 0.15) is 0 Å². The second kappa shape index (κ2) is 7.28. The summed E-state index contributed by atoms with van der Waals surface area (Å²) >= 11 is 0. The van der Waals surface area contributed by atoms with Crippen molar-refractivity contribution in [3.05, 3.63) is 12.4 Å². The second-order valence-corrected chi connectivity index (χ2v) is 5.05. The smallest absolute Gasteiger partial charge is 0.233 e. The maximum absolute atomic E-state index is 5.12. The molecule has 1 aromatic rings. The Hall–Kier alpha value is -1.36. The third kappa shape index (κ3) is 4.06. The van der Waals surface area contributed by atoms with Crippen LogP contribution in [0, 0.1) is 5.92 Å². The van der Waals surface area contributed by atoms with Crippen molar-refractivity contribution < 1.29 is 4.74 Å². The Balaban J connectivity index is 1.82. The first-order valence-corrected chi connectivity index (χ1v) is 7.15. The number of rotatable bonds is 6. The predicted molar refractivity (Wildman–Crippen MR) is 76.7 cm³/mol. The molecule has 0 spiro atoms. The van der Waals surface area contributed by atoms with E-state index >= 15 is 0 Å². The van der Waals surface area contributed by atoms with Gasteiger partial charge in [0.2, 0.25) is 5.88 Å². The molecule has 0 saturated carbocycles. The van der Waals surface area contributed by atoms with Gasteiger partial charge in [-0.25, -0.2) is 0 Å². The number of methoxy groups -OCH3 is 1. The fourth-order valence-corrected chi connectivity index (χ4v) is 2.44. The molecule has 5 nitrogen and oxygen atoms in total. The average Bonchev–Trinajstić information content (AvgIpc) is 2.48. The molecule has 2 heterocycles. The van der Waals surface area contributed by atoms with E-state index in [1.54, 1.807) is 13.3 Å². The monoisotopic (exact) mass is 264 g/mol. The Morgan fingerprint density at radius 2 is 2.16 bits per heavy atom. The van der Waals surface area contributed by atoms with E-state index in [0.717, 1.165) is 37.9 Å². The third-order valence-electron chi connectivity index (χ3n) is 3.61. The maximum Gasteiger partial charge on any atom is 0.233 e. The molecular formula is C14H24N4O. The molecule has 0 atom stereocenters. The standard InChI is InChI=1S/C14H24N4O/c1-3-6-15-9-12-4-7-18(8-5-12)13-10-16-11-14(17-13)19-2/h10-12,15H,3-9H2,1-2H3. The molecule has 0 aromatic carbocycles. The van der Waals surface area contributed by atoms with Gasteiger partial charge in [0.25, 0.3) is 0 Å². The lowest BCUT2D eigenvalue weighted by atomic mass is 9.97. The molecule has 1 saturated heterocycles. The maximum atomic E-state index is 5.12. The van der Waals surface area contributed by atoms with Crippen LogP contribution >= 0.6 is 0 Å². The molecule has 5 heteroatoms. The minimum atomic E-state index is 0.587. The molecule has 1 aromatic heterocycles. The van der Waals surface area contributed by atoms with Crippen LogP contribution in [0.3, 0.4) is 0 Å². The molecule has 106 valence electrons. The highest BCUT2D eigenvalue weighted by molar-refractivity contribution is 5.37. The van der Waals surface area contributed by atoms with Crippen LogP contribution in [0.1, 0.15) is 26.2 Å². The van der Waals surface area contributed by atoms with Gasteiger partial charge in [0.15, 0.2) is 5.82 Å². The lowest BCUT2D eigenvalue weighted by Crippen LogP contribution is -2.37. The van der Waals surface area contributed by atoms with Crippen molar-refractivity contribution >= 4 is 5.82 Å². The Kier molecular flexibility index (Phi) is 5.39. The normalized spacial score (nSPS) is 16.6. The van der Waals surface area contributed by atoms with E-state index in [4.69, 9.17) is 4.74 Å². The van der Waals surface area contributed by atoms with Crippen LogP contribution in [0.2, 0.25) is 0 Å². The van der Waals surface area contributed by atoms with Crippen LogP contribution < -0.4 is 15.0 Å². The summed E-state index contributed by atoms with van der Waals surface area (Å²) in [5, 5.41) is 3.51. The third-order valence-corrected chi connectivity index (χ3v) is 3.61. The summed E-state index contributed by atoms with van der Waals surface area (Å²) in [6.07, 6.45) is 7.10. The highest BCUT2D eigenvalue weighted by atomic mass is 16.5. The topological polar surface area (TPSA) is 50.3 Å². The molecule has 2 rings (SSSR count).